The van der Waals surface area contributed by atoms with Crippen molar-refractivity contribution in [2.75, 3.05) is 45.2 Å². The molecule has 0 radical (unpaired) electrons. The van der Waals surface area contributed by atoms with Gasteiger partial charge in [0.05, 0.1) is 23.9 Å². The molecule has 2 aromatic rings. The standard InChI is InChI=1S/C26H31N3O2/c1-3-31-19-12-10-18(11-13-19)24-21-7-4-6-20(21)22-8-5-9-23(25(22)27-24)26(30)29-16-14-28(2)15-17-29/h4-6,8-13,20-21,24,27H,3,7,14-17H2,1-2H3. The van der Waals surface area contributed by atoms with Crippen LogP contribution < -0.4 is 10.1 Å². The molecule has 31 heavy (non-hydrogen) atoms. The summed E-state index contributed by atoms with van der Waals surface area (Å²) in [5.41, 5.74) is 4.31. The van der Waals surface area contributed by atoms with E-state index in [1.54, 1.807) is 0 Å². The number of benzene rings is 2. The molecule has 5 rings (SSSR count). The zero-order valence-electron chi connectivity index (χ0n) is 18.4. The number of nitrogens with zero attached hydrogens (tertiary/aromatic N) is 2. The molecule has 1 saturated heterocycles. The summed E-state index contributed by atoms with van der Waals surface area (Å²) in [7, 11) is 2.11. The molecule has 162 valence electrons. The number of piperazine rings is 1. The van der Waals surface area contributed by atoms with Crippen LogP contribution in [0.15, 0.2) is 54.6 Å². The monoisotopic (exact) mass is 417 g/mol. The van der Waals surface area contributed by atoms with Crippen LogP contribution in [-0.4, -0.2) is 55.5 Å². The average molecular weight is 418 g/mol. The maximum atomic E-state index is 13.5. The molecule has 5 heteroatoms. The molecule has 2 aliphatic heterocycles. The molecule has 2 heterocycles. The van der Waals surface area contributed by atoms with E-state index in [1.807, 2.05) is 24.0 Å². The number of nitrogens with one attached hydrogen (secondary N) is 1. The molecular formula is C26H31N3O2. The third-order valence-electron chi connectivity index (χ3n) is 6.97. The van der Waals surface area contributed by atoms with Crippen molar-refractivity contribution in [2.45, 2.75) is 25.3 Å². The Morgan fingerprint density at radius 2 is 1.87 bits per heavy atom. The highest BCUT2D eigenvalue weighted by molar-refractivity contribution is 6.01. The zero-order chi connectivity index (χ0) is 21.4. The van der Waals surface area contributed by atoms with E-state index in [1.165, 1.54) is 11.1 Å². The number of hydrogen-bond donors (Lipinski definition) is 1. The van der Waals surface area contributed by atoms with E-state index in [2.05, 4.69) is 59.7 Å². The van der Waals surface area contributed by atoms with Gasteiger partial charge >= 0.3 is 0 Å². The largest absolute Gasteiger partial charge is 0.494 e. The lowest BCUT2D eigenvalue weighted by Crippen LogP contribution is -2.47. The average Bonchev–Trinajstić information content (AvgIpc) is 3.29. The van der Waals surface area contributed by atoms with Crippen molar-refractivity contribution in [1.82, 2.24) is 9.80 Å². The minimum absolute atomic E-state index is 0.142. The van der Waals surface area contributed by atoms with Crippen molar-refractivity contribution in [3.63, 3.8) is 0 Å². The molecule has 2 aromatic carbocycles. The van der Waals surface area contributed by atoms with Gasteiger partial charge in [0.1, 0.15) is 5.75 Å². The maximum Gasteiger partial charge on any atom is 0.256 e. The van der Waals surface area contributed by atoms with Gasteiger partial charge in [-0.05, 0) is 55.6 Å². The van der Waals surface area contributed by atoms with Crippen molar-refractivity contribution in [1.29, 1.82) is 0 Å². The topological polar surface area (TPSA) is 44.8 Å². The first-order chi connectivity index (χ1) is 15.2. The van der Waals surface area contributed by atoms with Crippen LogP contribution in [0.4, 0.5) is 5.69 Å². The minimum Gasteiger partial charge on any atom is -0.494 e. The van der Waals surface area contributed by atoms with Crippen molar-refractivity contribution in [3.8, 4) is 5.75 Å². The van der Waals surface area contributed by atoms with Crippen LogP contribution >= 0.6 is 0 Å². The van der Waals surface area contributed by atoms with Gasteiger partial charge in [-0.25, -0.2) is 0 Å². The fourth-order valence-corrected chi connectivity index (χ4v) is 5.25. The van der Waals surface area contributed by atoms with Gasteiger partial charge in [0.15, 0.2) is 0 Å². The third kappa shape index (κ3) is 3.72. The molecular weight excluding hydrogens is 386 g/mol. The predicted molar refractivity (Wildman–Crippen MR) is 124 cm³/mol. The molecule has 0 spiro atoms. The van der Waals surface area contributed by atoms with Gasteiger partial charge in [-0.15, -0.1) is 0 Å². The van der Waals surface area contributed by atoms with E-state index < -0.39 is 0 Å². The SMILES string of the molecule is CCOc1ccc(C2Nc3c(C(=O)N4CCN(C)CC4)cccc3C3C=CCC32)cc1. The first-order valence-corrected chi connectivity index (χ1v) is 11.4. The Kier molecular flexibility index (Phi) is 5.45. The van der Waals surface area contributed by atoms with E-state index in [0.717, 1.165) is 49.6 Å². The molecule has 0 saturated carbocycles. The van der Waals surface area contributed by atoms with E-state index in [4.69, 9.17) is 4.74 Å². The number of allylic oxidation sites excluding steroid dienone is 2. The van der Waals surface area contributed by atoms with Crippen molar-refractivity contribution in [2.24, 2.45) is 5.92 Å². The molecule has 3 atom stereocenters. The Labute approximate surface area is 184 Å². The number of carbonyl (C=O) groups is 1. The van der Waals surface area contributed by atoms with Gasteiger partial charge in [-0.2, -0.15) is 0 Å². The molecule has 3 unspecified atom stereocenters. The van der Waals surface area contributed by atoms with Gasteiger partial charge in [0.2, 0.25) is 0 Å². The quantitative estimate of drug-likeness (QED) is 0.754. The second kappa shape index (κ2) is 8.39. The van der Waals surface area contributed by atoms with E-state index in [9.17, 15) is 4.79 Å². The number of carbonyl (C=O) groups excluding carboxylic acids is 1. The lowest BCUT2D eigenvalue weighted by molar-refractivity contribution is 0.0664. The van der Waals surface area contributed by atoms with E-state index >= 15 is 0 Å². The van der Waals surface area contributed by atoms with E-state index in [0.29, 0.717) is 18.4 Å². The number of para-hydroxylation sites is 1. The molecule has 1 amide bonds. The Balaban J connectivity index is 1.48. The highest BCUT2D eigenvalue weighted by Crippen LogP contribution is 2.50. The summed E-state index contributed by atoms with van der Waals surface area (Å²) in [6.07, 6.45) is 5.67. The molecule has 0 bridgehead atoms. The fraction of sp³-hybridized carbons (Fsp3) is 0.423. The maximum absolute atomic E-state index is 13.5. The van der Waals surface area contributed by atoms with Crippen molar-refractivity contribution in [3.05, 3.63) is 71.3 Å². The number of anilines is 1. The number of amides is 1. The van der Waals surface area contributed by atoms with Crippen molar-refractivity contribution < 1.29 is 9.53 Å². The first-order valence-electron chi connectivity index (χ1n) is 11.4. The fourth-order valence-electron chi connectivity index (χ4n) is 5.25. The van der Waals surface area contributed by atoms with Crippen LogP contribution in [0.1, 0.15) is 46.8 Å². The smallest absolute Gasteiger partial charge is 0.256 e. The normalized spacial score (nSPS) is 25.0. The summed E-state index contributed by atoms with van der Waals surface area (Å²) in [6, 6.07) is 14.8. The Morgan fingerprint density at radius 3 is 2.61 bits per heavy atom. The summed E-state index contributed by atoms with van der Waals surface area (Å²) < 4.78 is 5.63. The Bertz CT molecular complexity index is 977. The van der Waals surface area contributed by atoms with E-state index in [-0.39, 0.29) is 11.9 Å². The summed E-state index contributed by atoms with van der Waals surface area (Å²) in [5, 5.41) is 3.79. The van der Waals surface area contributed by atoms with Crippen LogP contribution in [0.25, 0.3) is 0 Å². The van der Waals surface area contributed by atoms with Gasteiger partial charge < -0.3 is 19.9 Å². The second-order valence-corrected chi connectivity index (χ2v) is 8.84. The number of ether oxygens (including phenoxy) is 1. The van der Waals surface area contributed by atoms with Crippen molar-refractivity contribution >= 4 is 11.6 Å². The molecule has 5 nitrogen and oxygen atoms in total. The molecule has 3 aliphatic rings. The number of likely N-dealkylation sites (N-methyl/N-ethyl adjacent to an activating group) is 1. The lowest BCUT2D eigenvalue weighted by Gasteiger charge is -2.39. The molecule has 1 fully saturated rings. The molecule has 1 aliphatic carbocycles. The van der Waals surface area contributed by atoms with Crippen LogP contribution in [0.5, 0.6) is 5.75 Å². The van der Waals surface area contributed by atoms with Gasteiger partial charge in [0.25, 0.3) is 5.91 Å². The second-order valence-electron chi connectivity index (χ2n) is 8.84. The summed E-state index contributed by atoms with van der Waals surface area (Å²) in [6.45, 7) is 6.09. The summed E-state index contributed by atoms with van der Waals surface area (Å²) >= 11 is 0. The zero-order valence-corrected chi connectivity index (χ0v) is 18.4. The lowest BCUT2D eigenvalue weighted by atomic mass is 9.76. The summed E-state index contributed by atoms with van der Waals surface area (Å²) in [4.78, 5) is 17.7. The highest BCUT2D eigenvalue weighted by atomic mass is 16.5. The summed E-state index contributed by atoms with van der Waals surface area (Å²) in [5.74, 6) is 1.84. The van der Waals surface area contributed by atoms with Gasteiger partial charge in [-0.3, -0.25) is 4.79 Å². The number of hydrogen-bond acceptors (Lipinski definition) is 4. The highest BCUT2D eigenvalue weighted by Gasteiger charge is 2.39. The molecule has 1 N–H and O–H groups in total. The van der Waals surface area contributed by atoms with Gasteiger partial charge in [0, 0.05) is 32.1 Å². The van der Waals surface area contributed by atoms with Crippen LogP contribution in [0, 0.1) is 5.92 Å². The first kappa shape index (κ1) is 20.1. The third-order valence-corrected chi connectivity index (χ3v) is 6.97. The Hall–Kier alpha value is -2.79. The number of fused-ring (bicyclic) bond motifs is 3. The van der Waals surface area contributed by atoms with Gasteiger partial charge in [-0.1, -0.05) is 36.4 Å². The van der Waals surface area contributed by atoms with Crippen LogP contribution in [-0.2, 0) is 0 Å². The Morgan fingerprint density at radius 1 is 1.10 bits per heavy atom. The van der Waals surface area contributed by atoms with Crippen LogP contribution in [0.3, 0.4) is 0 Å². The number of rotatable bonds is 4. The minimum atomic E-state index is 0.142. The van der Waals surface area contributed by atoms with Crippen LogP contribution in [0.2, 0.25) is 0 Å². The molecule has 0 aromatic heterocycles. The predicted octanol–water partition coefficient (Wildman–Crippen LogP) is 4.30.